The van der Waals surface area contributed by atoms with E-state index in [2.05, 4.69) is 44.9 Å². The van der Waals surface area contributed by atoms with E-state index in [1.54, 1.807) is 0 Å². The lowest BCUT2D eigenvalue weighted by Crippen LogP contribution is -2.34. The van der Waals surface area contributed by atoms with E-state index in [1.807, 2.05) is 27.7 Å². The molecule has 0 spiro atoms. The number of aliphatic hydroxyl groups is 3. The predicted octanol–water partition coefficient (Wildman–Crippen LogP) is 4.88. The Morgan fingerprint density at radius 1 is 0.543 bits per heavy atom. The van der Waals surface area contributed by atoms with Crippen molar-refractivity contribution in [3.8, 4) is 0 Å². The average Bonchev–Trinajstić information content (AvgIpc) is 2.95. The maximum absolute atomic E-state index is 11.6. The van der Waals surface area contributed by atoms with Crippen molar-refractivity contribution in [2.24, 2.45) is 0 Å². The minimum Gasteiger partial charge on any atom is -0.396 e. The van der Waals surface area contributed by atoms with E-state index >= 15 is 0 Å². The normalized spacial score (nSPS) is 13.2. The first-order valence-corrected chi connectivity index (χ1v) is 20.3. The number of hydrogen-bond donors (Lipinski definition) is 5. The Hall–Kier alpha value is -1.12. The van der Waals surface area contributed by atoms with Gasteiger partial charge in [0.2, 0.25) is 11.8 Å². The summed E-state index contributed by atoms with van der Waals surface area (Å²) in [6.45, 7) is 20.6. The molecule has 0 radical (unpaired) electrons. The first kappa shape index (κ1) is 44.9. The second-order valence-corrected chi connectivity index (χ2v) is 20.4. The monoisotopic (exact) mass is 678 g/mol. The highest BCUT2D eigenvalue weighted by Crippen LogP contribution is 2.28. The third kappa shape index (κ3) is 24.1. The number of carbonyl (C=O) groups excluding carboxylic acids is 2. The summed E-state index contributed by atoms with van der Waals surface area (Å²) >= 11 is 0. The molecule has 0 aromatic heterocycles. The second kappa shape index (κ2) is 22.5. The van der Waals surface area contributed by atoms with Gasteiger partial charge in [0.1, 0.15) is 13.5 Å². The zero-order chi connectivity index (χ0) is 35.3. The van der Waals surface area contributed by atoms with Crippen LogP contribution in [0.25, 0.3) is 0 Å². The lowest BCUT2D eigenvalue weighted by molar-refractivity contribution is -0.125. The minimum atomic E-state index is -1.58. The fourth-order valence-electron chi connectivity index (χ4n) is 5.19. The van der Waals surface area contributed by atoms with Gasteiger partial charge in [-0.05, 0) is 100 Å². The van der Waals surface area contributed by atoms with Crippen molar-refractivity contribution in [3.05, 3.63) is 0 Å². The Morgan fingerprint density at radius 3 is 1.22 bits per heavy atom. The van der Waals surface area contributed by atoms with Crippen molar-refractivity contribution in [2.45, 2.75) is 160 Å². The summed E-state index contributed by atoms with van der Waals surface area (Å²) in [6, 6.07) is 3.38. The lowest BCUT2D eigenvalue weighted by atomic mass is 10.0. The highest BCUT2D eigenvalue weighted by Gasteiger charge is 2.28. The van der Waals surface area contributed by atoms with Crippen molar-refractivity contribution in [1.82, 2.24) is 10.6 Å². The maximum Gasteiger partial charge on any atom is 0.221 e. The van der Waals surface area contributed by atoms with Gasteiger partial charge in [-0.3, -0.25) is 9.59 Å². The van der Waals surface area contributed by atoms with Crippen LogP contribution < -0.4 is 10.6 Å². The molecule has 0 heterocycles. The van der Waals surface area contributed by atoms with Crippen LogP contribution in [0.5, 0.6) is 0 Å². The molecule has 0 saturated carbocycles. The molecule has 0 bridgehead atoms. The first-order chi connectivity index (χ1) is 21.3. The first-order valence-electron chi connectivity index (χ1n) is 17.2. The number of rotatable bonds is 29. The van der Waals surface area contributed by atoms with Crippen LogP contribution >= 0.6 is 0 Å². The summed E-state index contributed by atoms with van der Waals surface area (Å²) in [5.41, 5.74) is -1.51. The van der Waals surface area contributed by atoms with Crippen LogP contribution in [0.4, 0.5) is 0 Å². The predicted molar refractivity (Wildman–Crippen MR) is 185 cm³/mol. The molecular formula is C34H70N2O9Si. The van der Waals surface area contributed by atoms with Crippen LogP contribution in [-0.4, -0.2) is 104 Å². The molecule has 0 rings (SSSR count). The molecule has 11 nitrogen and oxygen atoms in total. The second-order valence-electron chi connectivity index (χ2n) is 15.3. The third-order valence-corrected chi connectivity index (χ3v) is 13.3. The molecule has 5 N–H and O–H groups in total. The van der Waals surface area contributed by atoms with Gasteiger partial charge in [-0.2, -0.15) is 0 Å². The summed E-state index contributed by atoms with van der Waals surface area (Å²) in [6.07, 6.45) is 6.07. The van der Waals surface area contributed by atoms with Gasteiger partial charge in [-0.25, -0.2) is 0 Å². The molecule has 0 saturated heterocycles. The van der Waals surface area contributed by atoms with Gasteiger partial charge in [-0.15, -0.1) is 0 Å². The SMILES string of the molecule is CC(C)(CCOC(C)(C)CCC(=O)NCO)OCCC[Si](C)(CCCO)CCCOC(C)(C)CCOC(C)(C)CCC(=O)NCO. The van der Waals surface area contributed by atoms with E-state index in [9.17, 15) is 14.7 Å². The highest BCUT2D eigenvalue weighted by molar-refractivity contribution is 6.78. The Kier molecular flexibility index (Phi) is 21.9. The standard InChI is InChI=1S/C34H70N2O9Si/c1-31(2,15-13-29(40)35-27-38)44-22-17-33(5,6)42-20-11-25-46(9,24-10-19-37)26-12-21-43-34(7,8)18-23-45-32(3,4)16-14-30(41)36-28-39/h37-39H,10-28H2,1-9H3,(H,35,40)(H,36,41). The Labute approximate surface area is 280 Å². The molecule has 0 fully saturated rings. The molecule has 2 amide bonds. The topological polar surface area (TPSA) is 156 Å². The van der Waals surface area contributed by atoms with Gasteiger partial charge in [-0.1, -0.05) is 24.7 Å². The number of carbonyl (C=O) groups is 2. The number of ether oxygens (including phenoxy) is 4. The molecule has 0 aromatic rings. The van der Waals surface area contributed by atoms with Crippen molar-refractivity contribution in [3.63, 3.8) is 0 Å². The molecule has 0 unspecified atom stereocenters. The molecular weight excluding hydrogens is 608 g/mol. The molecule has 46 heavy (non-hydrogen) atoms. The van der Waals surface area contributed by atoms with Crippen LogP contribution in [-0.2, 0) is 28.5 Å². The lowest BCUT2D eigenvalue weighted by Gasteiger charge is -2.32. The zero-order valence-corrected chi connectivity index (χ0v) is 31.7. The summed E-state index contributed by atoms with van der Waals surface area (Å²) in [5, 5.41) is 31.9. The smallest absolute Gasteiger partial charge is 0.221 e. The van der Waals surface area contributed by atoms with E-state index in [-0.39, 0.29) is 43.1 Å². The Morgan fingerprint density at radius 2 is 0.870 bits per heavy atom. The molecule has 0 aromatic carbocycles. The number of amides is 2. The van der Waals surface area contributed by atoms with E-state index in [0.29, 0.717) is 52.1 Å². The van der Waals surface area contributed by atoms with Crippen LogP contribution in [0.3, 0.4) is 0 Å². The molecule has 12 heteroatoms. The molecule has 0 atom stereocenters. The van der Waals surface area contributed by atoms with Gasteiger partial charge >= 0.3 is 0 Å². The third-order valence-electron chi connectivity index (χ3n) is 8.63. The van der Waals surface area contributed by atoms with Crippen LogP contribution in [0.2, 0.25) is 24.7 Å². The van der Waals surface area contributed by atoms with Gasteiger partial charge in [0.25, 0.3) is 0 Å². The van der Waals surface area contributed by atoms with E-state index < -0.39 is 19.3 Å². The van der Waals surface area contributed by atoms with Crippen LogP contribution in [0, 0.1) is 0 Å². The number of hydrogen-bond acceptors (Lipinski definition) is 9. The summed E-state index contributed by atoms with van der Waals surface area (Å²) in [7, 11) is -1.58. The summed E-state index contributed by atoms with van der Waals surface area (Å²) in [4.78, 5) is 23.3. The average molecular weight is 679 g/mol. The van der Waals surface area contributed by atoms with E-state index in [4.69, 9.17) is 29.2 Å². The largest absolute Gasteiger partial charge is 0.396 e. The van der Waals surface area contributed by atoms with Crippen LogP contribution in [0.15, 0.2) is 0 Å². The molecule has 274 valence electrons. The van der Waals surface area contributed by atoms with Gasteiger partial charge in [0.05, 0.1) is 43.7 Å². The number of aliphatic hydroxyl groups excluding tert-OH is 3. The fourth-order valence-corrected chi connectivity index (χ4v) is 8.95. The number of nitrogens with one attached hydrogen (secondary N) is 2. The van der Waals surface area contributed by atoms with Crippen molar-refractivity contribution >= 4 is 19.9 Å². The summed E-state index contributed by atoms with van der Waals surface area (Å²) in [5.74, 6) is -0.368. The van der Waals surface area contributed by atoms with E-state index in [1.165, 1.54) is 0 Å². The Bertz CT molecular complexity index is 777. The fraction of sp³-hybridized carbons (Fsp3) is 0.941. The zero-order valence-electron chi connectivity index (χ0n) is 30.7. The molecule has 0 aliphatic rings. The summed E-state index contributed by atoms with van der Waals surface area (Å²) < 4.78 is 24.7. The highest BCUT2D eigenvalue weighted by atomic mass is 28.3. The van der Waals surface area contributed by atoms with Crippen molar-refractivity contribution < 1.29 is 43.9 Å². The quantitative estimate of drug-likeness (QED) is 0.0423. The van der Waals surface area contributed by atoms with Crippen molar-refractivity contribution in [1.29, 1.82) is 0 Å². The van der Waals surface area contributed by atoms with E-state index in [0.717, 1.165) is 50.2 Å². The minimum absolute atomic E-state index is 0.184. The van der Waals surface area contributed by atoms with Gasteiger partial charge < -0.3 is 44.9 Å². The van der Waals surface area contributed by atoms with Crippen molar-refractivity contribution in [2.75, 3.05) is 46.5 Å². The van der Waals surface area contributed by atoms with Gasteiger partial charge in [0.15, 0.2) is 0 Å². The molecule has 0 aliphatic carbocycles. The Balaban J connectivity index is 4.52. The van der Waals surface area contributed by atoms with Crippen LogP contribution in [0.1, 0.15) is 113 Å². The molecule has 0 aliphatic heterocycles. The maximum atomic E-state index is 11.6. The van der Waals surface area contributed by atoms with Gasteiger partial charge in [0, 0.05) is 32.7 Å².